The molecule has 1 aliphatic rings. The van der Waals surface area contributed by atoms with Gasteiger partial charge < -0.3 is 4.90 Å². The van der Waals surface area contributed by atoms with E-state index >= 15 is 0 Å². The molecule has 0 atom stereocenters. The number of fused-ring (bicyclic) bond motifs is 1. The van der Waals surface area contributed by atoms with E-state index in [1.54, 1.807) is 23.7 Å². The monoisotopic (exact) mass is 313 g/mol. The molecule has 0 spiro atoms. The Morgan fingerprint density at radius 1 is 1.18 bits per heavy atom. The predicted molar refractivity (Wildman–Crippen MR) is 83.0 cm³/mol. The molecule has 6 nitrogen and oxygen atoms in total. The van der Waals surface area contributed by atoms with Crippen molar-refractivity contribution >= 4 is 22.2 Å². The fourth-order valence-electron chi connectivity index (χ4n) is 2.99. The van der Waals surface area contributed by atoms with Crippen molar-refractivity contribution in [3.63, 3.8) is 0 Å². The number of likely N-dealkylation sites (tertiary alicyclic amines) is 1. The lowest BCUT2D eigenvalue weighted by Gasteiger charge is -2.31. The number of rotatable bonds is 2. The van der Waals surface area contributed by atoms with E-state index < -0.39 is 0 Å². The molecule has 1 aliphatic heterocycles. The summed E-state index contributed by atoms with van der Waals surface area (Å²) in [6, 6.07) is 0. The SMILES string of the molecule is O=C(c1cnccn1)N1CCC(c2csc3nccn23)CC1. The van der Waals surface area contributed by atoms with Gasteiger partial charge in [0.05, 0.1) is 6.20 Å². The summed E-state index contributed by atoms with van der Waals surface area (Å²) in [6.45, 7) is 1.51. The van der Waals surface area contributed by atoms with Crippen LogP contribution in [0.1, 0.15) is 34.9 Å². The first kappa shape index (κ1) is 13.4. The van der Waals surface area contributed by atoms with Crippen LogP contribution in [0.5, 0.6) is 0 Å². The minimum absolute atomic E-state index is 0.0235. The molecule has 0 saturated carbocycles. The summed E-state index contributed by atoms with van der Waals surface area (Å²) in [5, 5.41) is 2.19. The lowest BCUT2D eigenvalue weighted by Crippen LogP contribution is -2.38. The molecule has 22 heavy (non-hydrogen) atoms. The molecule has 1 fully saturated rings. The first-order chi connectivity index (χ1) is 10.8. The molecule has 3 aromatic heterocycles. The van der Waals surface area contributed by atoms with Gasteiger partial charge in [0, 0.05) is 54.9 Å². The molecule has 7 heteroatoms. The number of aromatic nitrogens is 4. The van der Waals surface area contributed by atoms with Crippen LogP contribution in [0.25, 0.3) is 4.96 Å². The van der Waals surface area contributed by atoms with E-state index in [-0.39, 0.29) is 5.91 Å². The Morgan fingerprint density at radius 3 is 2.82 bits per heavy atom. The van der Waals surface area contributed by atoms with Gasteiger partial charge in [0.25, 0.3) is 5.91 Å². The molecule has 4 heterocycles. The number of piperidine rings is 1. The first-order valence-electron chi connectivity index (χ1n) is 7.28. The average molecular weight is 313 g/mol. The van der Waals surface area contributed by atoms with Crippen molar-refractivity contribution in [1.29, 1.82) is 0 Å². The summed E-state index contributed by atoms with van der Waals surface area (Å²) in [5.74, 6) is 0.457. The van der Waals surface area contributed by atoms with Gasteiger partial charge in [-0.1, -0.05) is 0 Å². The normalized spacial score (nSPS) is 16.3. The summed E-state index contributed by atoms with van der Waals surface area (Å²) in [7, 11) is 0. The van der Waals surface area contributed by atoms with Crippen molar-refractivity contribution < 1.29 is 4.79 Å². The molecule has 0 unspecified atom stereocenters. The van der Waals surface area contributed by atoms with Gasteiger partial charge in [-0.05, 0) is 12.8 Å². The van der Waals surface area contributed by atoms with Crippen molar-refractivity contribution in [1.82, 2.24) is 24.3 Å². The van der Waals surface area contributed by atoms with Gasteiger partial charge in [-0.3, -0.25) is 14.2 Å². The van der Waals surface area contributed by atoms with Crippen LogP contribution in [0.3, 0.4) is 0 Å². The highest BCUT2D eigenvalue weighted by Gasteiger charge is 2.26. The van der Waals surface area contributed by atoms with Crippen molar-refractivity contribution in [3.8, 4) is 0 Å². The predicted octanol–water partition coefficient (Wildman–Crippen LogP) is 2.21. The molecule has 3 aromatic rings. The highest BCUT2D eigenvalue weighted by Crippen LogP contribution is 2.31. The van der Waals surface area contributed by atoms with Crippen LogP contribution >= 0.6 is 11.3 Å². The molecule has 112 valence electrons. The average Bonchev–Trinajstić information content (AvgIpc) is 3.18. The molecule has 0 N–H and O–H groups in total. The van der Waals surface area contributed by atoms with E-state index in [2.05, 4.69) is 24.7 Å². The third kappa shape index (κ3) is 2.27. The Hall–Kier alpha value is -2.28. The zero-order valence-corrected chi connectivity index (χ0v) is 12.7. The molecular formula is C15H15N5OS. The number of hydrogen-bond donors (Lipinski definition) is 0. The minimum atomic E-state index is -0.0235. The highest BCUT2D eigenvalue weighted by molar-refractivity contribution is 7.15. The molecule has 0 aliphatic carbocycles. The second-order valence-corrected chi connectivity index (χ2v) is 6.23. The van der Waals surface area contributed by atoms with Crippen LogP contribution in [0, 0.1) is 0 Å². The maximum Gasteiger partial charge on any atom is 0.274 e. The van der Waals surface area contributed by atoms with E-state index in [0.29, 0.717) is 11.6 Å². The Morgan fingerprint density at radius 2 is 2.05 bits per heavy atom. The van der Waals surface area contributed by atoms with Crippen molar-refractivity contribution in [3.05, 3.63) is 47.8 Å². The van der Waals surface area contributed by atoms with Crippen LogP contribution in [0.15, 0.2) is 36.4 Å². The molecule has 1 saturated heterocycles. The van der Waals surface area contributed by atoms with E-state index in [9.17, 15) is 4.79 Å². The Bertz CT molecular complexity index is 788. The van der Waals surface area contributed by atoms with Crippen molar-refractivity contribution in [2.24, 2.45) is 0 Å². The summed E-state index contributed by atoms with van der Waals surface area (Å²) >= 11 is 1.67. The summed E-state index contributed by atoms with van der Waals surface area (Å²) in [4.78, 5) is 27.7. The lowest BCUT2D eigenvalue weighted by atomic mass is 9.94. The Kier molecular flexibility index (Phi) is 3.34. The van der Waals surface area contributed by atoms with Gasteiger partial charge in [-0.15, -0.1) is 11.3 Å². The second kappa shape index (κ2) is 5.49. The first-order valence-corrected chi connectivity index (χ1v) is 8.16. The van der Waals surface area contributed by atoms with E-state index in [4.69, 9.17) is 0 Å². The minimum Gasteiger partial charge on any atom is -0.337 e. The summed E-state index contributed by atoms with van der Waals surface area (Å²) in [5.41, 5.74) is 1.73. The maximum absolute atomic E-state index is 12.4. The number of hydrogen-bond acceptors (Lipinski definition) is 5. The Balaban J connectivity index is 1.47. The molecular weight excluding hydrogens is 298 g/mol. The molecule has 0 bridgehead atoms. The number of thiazole rings is 1. The van der Waals surface area contributed by atoms with Gasteiger partial charge in [0.15, 0.2) is 4.96 Å². The largest absolute Gasteiger partial charge is 0.337 e. The van der Waals surface area contributed by atoms with Crippen LogP contribution in [-0.4, -0.2) is 43.2 Å². The van der Waals surface area contributed by atoms with Gasteiger partial charge >= 0.3 is 0 Å². The molecule has 1 amide bonds. The van der Waals surface area contributed by atoms with Gasteiger partial charge in [-0.2, -0.15) is 0 Å². The fraction of sp³-hybridized carbons (Fsp3) is 0.333. The topological polar surface area (TPSA) is 63.4 Å². The van der Waals surface area contributed by atoms with Crippen LogP contribution in [0.2, 0.25) is 0 Å². The van der Waals surface area contributed by atoms with E-state index in [1.165, 1.54) is 11.9 Å². The van der Waals surface area contributed by atoms with Crippen LogP contribution in [-0.2, 0) is 0 Å². The number of imidazole rings is 1. The Labute approximate surface area is 131 Å². The number of nitrogens with zero attached hydrogens (tertiary/aromatic N) is 5. The van der Waals surface area contributed by atoms with Gasteiger partial charge in [-0.25, -0.2) is 9.97 Å². The number of carbonyl (C=O) groups excluding carboxylic acids is 1. The standard InChI is InChI=1S/C15H15N5OS/c21-14(12-9-16-3-4-17-12)19-6-1-11(2-7-19)13-10-22-15-18-5-8-20(13)15/h3-5,8-11H,1-2,6-7H2. The summed E-state index contributed by atoms with van der Waals surface area (Å²) in [6.07, 6.45) is 10.5. The summed E-state index contributed by atoms with van der Waals surface area (Å²) < 4.78 is 2.16. The highest BCUT2D eigenvalue weighted by atomic mass is 32.1. The smallest absolute Gasteiger partial charge is 0.274 e. The number of carbonyl (C=O) groups is 1. The zero-order chi connectivity index (χ0) is 14.9. The van der Waals surface area contributed by atoms with Gasteiger partial charge in [0.2, 0.25) is 0 Å². The van der Waals surface area contributed by atoms with Gasteiger partial charge in [0.1, 0.15) is 5.69 Å². The zero-order valence-electron chi connectivity index (χ0n) is 11.9. The fourth-order valence-corrected chi connectivity index (χ4v) is 3.92. The van der Waals surface area contributed by atoms with E-state index in [1.807, 2.05) is 17.3 Å². The van der Waals surface area contributed by atoms with Crippen LogP contribution in [0.4, 0.5) is 0 Å². The number of amides is 1. The van der Waals surface area contributed by atoms with Crippen LogP contribution < -0.4 is 0 Å². The molecule has 4 rings (SSSR count). The third-order valence-corrected chi connectivity index (χ3v) is 5.03. The maximum atomic E-state index is 12.4. The van der Waals surface area contributed by atoms with E-state index in [0.717, 1.165) is 30.9 Å². The lowest BCUT2D eigenvalue weighted by molar-refractivity contribution is 0.0705. The second-order valence-electron chi connectivity index (χ2n) is 5.40. The third-order valence-electron chi connectivity index (χ3n) is 4.15. The van der Waals surface area contributed by atoms with Crippen molar-refractivity contribution in [2.75, 3.05) is 13.1 Å². The van der Waals surface area contributed by atoms with Crippen molar-refractivity contribution in [2.45, 2.75) is 18.8 Å². The molecule has 0 aromatic carbocycles. The molecule has 0 radical (unpaired) electrons. The quantitative estimate of drug-likeness (QED) is 0.727.